The van der Waals surface area contributed by atoms with E-state index in [9.17, 15) is 4.79 Å². The Bertz CT molecular complexity index is 787. The minimum Gasteiger partial charge on any atom is -0.394 e. The first-order valence-electron chi connectivity index (χ1n) is 6.03. The fourth-order valence-electron chi connectivity index (χ4n) is 2.16. The van der Waals surface area contributed by atoms with Gasteiger partial charge in [0, 0.05) is 17.8 Å². The number of benzene rings is 1. The number of nitrogens with zero attached hydrogens (tertiary/aromatic N) is 2. The molecule has 0 bridgehead atoms. The third-order valence-electron chi connectivity index (χ3n) is 3.13. The van der Waals surface area contributed by atoms with E-state index < -0.39 is 0 Å². The van der Waals surface area contributed by atoms with E-state index >= 15 is 0 Å². The van der Waals surface area contributed by atoms with Crippen molar-refractivity contribution < 1.29 is 0 Å². The van der Waals surface area contributed by atoms with Crippen molar-refractivity contribution in [3.63, 3.8) is 0 Å². The maximum absolute atomic E-state index is 11.9. The van der Waals surface area contributed by atoms with Crippen LogP contribution in [-0.4, -0.2) is 9.55 Å². The van der Waals surface area contributed by atoms with Gasteiger partial charge in [0.15, 0.2) is 0 Å². The van der Waals surface area contributed by atoms with Gasteiger partial charge >= 0.3 is 0 Å². The van der Waals surface area contributed by atoms with Gasteiger partial charge in [-0.05, 0) is 29.8 Å². The van der Waals surface area contributed by atoms with Crippen molar-refractivity contribution in [3.8, 4) is 0 Å². The van der Waals surface area contributed by atoms with Crippen molar-refractivity contribution in [3.05, 3.63) is 70.8 Å². The van der Waals surface area contributed by atoms with Crippen LogP contribution in [0.15, 0.2) is 59.7 Å². The first-order valence-corrected chi connectivity index (χ1v) is 6.03. The molecule has 3 rings (SSSR count). The number of para-hydroxylation sites is 1. The van der Waals surface area contributed by atoms with Gasteiger partial charge < -0.3 is 10.3 Å². The monoisotopic (exact) mass is 251 g/mol. The number of rotatable bonds is 2. The van der Waals surface area contributed by atoms with Crippen LogP contribution in [0, 0.1) is 0 Å². The highest BCUT2D eigenvalue weighted by Gasteiger charge is 2.04. The second kappa shape index (κ2) is 4.57. The van der Waals surface area contributed by atoms with Crippen LogP contribution in [0.1, 0.15) is 5.56 Å². The number of nitrogen functional groups attached to an aromatic ring is 1. The third-order valence-corrected chi connectivity index (χ3v) is 3.13. The highest BCUT2D eigenvalue weighted by atomic mass is 16.1. The molecule has 2 N–H and O–H groups in total. The Hall–Kier alpha value is -2.62. The van der Waals surface area contributed by atoms with Crippen molar-refractivity contribution in [2.45, 2.75) is 6.54 Å². The zero-order valence-corrected chi connectivity index (χ0v) is 10.3. The lowest BCUT2D eigenvalue weighted by molar-refractivity contribution is 0.766. The lowest BCUT2D eigenvalue weighted by Crippen LogP contribution is -2.22. The molecule has 19 heavy (non-hydrogen) atoms. The number of nitrogens with two attached hydrogens (primary N) is 1. The molecule has 4 heteroatoms. The summed E-state index contributed by atoms with van der Waals surface area (Å²) in [6.07, 6.45) is 3.50. The van der Waals surface area contributed by atoms with Crippen LogP contribution in [0.3, 0.4) is 0 Å². The molecule has 0 aliphatic carbocycles. The van der Waals surface area contributed by atoms with E-state index in [0.717, 1.165) is 16.5 Å². The van der Waals surface area contributed by atoms with E-state index in [0.29, 0.717) is 6.54 Å². The summed E-state index contributed by atoms with van der Waals surface area (Å²) >= 11 is 0. The van der Waals surface area contributed by atoms with Crippen molar-refractivity contribution >= 4 is 16.6 Å². The van der Waals surface area contributed by atoms with Gasteiger partial charge in [0.25, 0.3) is 5.56 Å². The Kier molecular flexibility index (Phi) is 2.76. The average molecular weight is 251 g/mol. The van der Waals surface area contributed by atoms with Crippen LogP contribution in [-0.2, 0) is 6.54 Å². The molecule has 0 unspecified atom stereocenters. The maximum Gasteiger partial charge on any atom is 0.273 e. The van der Waals surface area contributed by atoms with Crippen LogP contribution in [0.2, 0.25) is 0 Å². The number of hydrogen-bond acceptors (Lipinski definition) is 3. The summed E-state index contributed by atoms with van der Waals surface area (Å²) in [6.45, 7) is 0.493. The molecule has 2 heterocycles. The normalized spacial score (nSPS) is 10.7. The fraction of sp³-hybridized carbons (Fsp3) is 0.0667. The highest BCUT2D eigenvalue weighted by molar-refractivity contribution is 5.81. The van der Waals surface area contributed by atoms with Crippen LogP contribution >= 0.6 is 0 Å². The molecule has 3 aromatic rings. The first-order chi connectivity index (χ1) is 9.25. The number of hydrogen-bond donors (Lipinski definition) is 1. The summed E-state index contributed by atoms with van der Waals surface area (Å²) < 4.78 is 1.61. The summed E-state index contributed by atoms with van der Waals surface area (Å²) in [5.74, 6) is 0. The highest BCUT2D eigenvalue weighted by Crippen LogP contribution is 2.16. The van der Waals surface area contributed by atoms with E-state index in [4.69, 9.17) is 5.73 Å². The molecule has 0 saturated carbocycles. The van der Waals surface area contributed by atoms with Gasteiger partial charge in [0.05, 0.1) is 17.7 Å². The molecular formula is C15H13N3O. The average Bonchev–Trinajstić information content (AvgIpc) is 2.44. The van der Waals surface area contributed by atoms with Crippen molar-refractivity contribution in [1.29, 1.82) is 0 Å². The van der Waals surface area contributed by atoms with Gasteiger partial charge in [0.2, 0.25) is 0 Å². The Labute approximate surface area is 110 Å². The SMILES string of the molecule is Nc1cccn(Cc2ccnc3ccccc23)c1=O. The van der Waals surface area contributed by atoms with Gasteiger partial charge in [0.1, 0.15) is 0 Å². The minimum atomic E-state index is -0.164. The molecule has 2 aromatic heterocycles. The molecule has 0 atom stereocenters. The Balaban J connectivity index is 2.11. The van der Waals surface area contributed by atoms with E-state index in [1.807, 2.05) is 30.3 Å². The van der Waals surface area contributed by atoms with E-state index in [1.54, 1.807) is 29.1 Å². The van der Waals surface area contributed by atoms with E-state index in [1.165, 1.54) is 0 Å². The van der Waals surface area contributed by atoms with Crippen LogP contribution in [0.5, 0.6) is 0 Å². The topological polar surface area (TPSA) is 60.9 Å². The first kappa shape index (κ1) is 11.5. The lowest BCUT2D eigenvalue weighted by atomic mass is 10.1. The third kappa shape index (κ3) is 2.08. The summed E-state index contributed by atoms with van der Waals surface area (Å²) in [6, 6.07) is 13.2. The van der Waals surface area contributed by atoms with Crippen molar-refractivity contribution in [1.82, 2.24) is 9.55 Å². The standard InChI is InChI=1S/C15H13N3O/c16-13-5-3-9-18(15(13)19)10-11-7-8-17-14-6-2-1-4-12(11)14/h1-9H,10,16H2. The zero-order valence-electron chi connectivity index (χ0n) is 10.3. The van der Waals surface area contributed by atoms with Gasteiger partial charge in [-0.1, -0.05) is 18.2 Å². The number of aromatic nitrogens is 2. The summed E-state index contributed by atoms with van der Waals surface area (Å²) in [5, 5.41) is 1.05. The second-order valence-electron chi connectivity index (χ2n) is 4.38. The van der Waals surface area contributed by atoms with Crippen molar-refractivity contribution in [2.75, 3.05) is 5.73 Å². The largest absolute Gasteiger partial charge is 0.394 e. The number of pyridine rings is 2. The predicted molar refractivity (Wildman–Crippen MR) is 76.0 cm³/mol. The molecule has 0 saturated heterocycles. The summed E-state index contributed by atoms with van der Waals surface area (Å²) in [5.41, 5.74) is 7.72. The molecule has 1 aromatic carbocycles. The molecule has 0 radical (unpaired) electrons. The molecule has 0 aliphatic rings. The Morgan fingerprint density at radius 2 is 1.95 bits per heavy atom. The molecule has 0 aliphatic heterocycles. The Morgan fingerprint density at radius 1 is 1.11 bits per heavy atom. The van der Waals surface area contributed by atoms with Gasteiger partial charge in [-0.15, -0.1) is 0 Å². The predicted octanol–water partition coefficient (Wildman–Crippen LogP) is 2.03. The van der Waals surface area contributed by atoms with Crippen LogP contribution in [0.4, 0.5) is 5.69 Å². The van der Waals surface area contributed by atoms with Crippen molar-refractivity contribution in [2.24, 2.45) is 0 Å². The lowest BCUT2D eigenvalue weighted by Gasteiger charge is -2.09. The molecule has 4 nitrogen and oxygen atoms in total. The van der Waals surface area contributed by atoms with Gasteiger partial charge in [-0.25, -0.2) is 0 Å². The Morgan fingerprint density at radius 3 is 2.84 bits per heavy atom. The summed E-state index contributed by atoms with van der Waals surface area (Å²) in [7, 11) is 0. The minimum absolute atomic E-state index is 0.164. The molecule has 0 fully saturated rings. The van der Waals surface area contributed by atoms with E-state index in [2.05, 4.69) is 4.98 Å². The maximum atomic E-state index is 11.9. The van der Waals surface area contributed by atoms with Gasteiger partial charge in [-0.3, -0.25) is 9.78 Å². The molecule has 0 spiro atoms. The van der Waals surface area contributed by atoms with Crippen LogP contribution < -0.4 is 11.3 Å². The van der Waals surface area contributed by atoms with Gasteiger partial charge in [-0.2, -0.15) is 0 Å². The fourth-order valence-corrected chi connectivity index (χ4v) is 2.16. The van der Waals surface area contributed by atoms with E-state index in [-0.39, 0.29) is 11.2 Å². The number of fused-ring (bicyclic) bond motifs is 1. The smallest absolute Gasteiger partial charge is 0.273 e. The summed E-state index contributed by atoms with van der Waals surface area (Å²) in [4.78, 5) is 16.2. The molecular weight excluding hydrogens is 238 g/mol. The quantitative estimate of drug-likeness (QED) is 0.758. The number of anilines is 1. The molecule has 0 amide bonds. The van der Waals surface area contributed by atoms with Crippen LogP contribution in [0.25, 0.3) is 10.9 Å². The second-order valence-corrected chi connectivity index (χ2v) is 4.38. The molecule has 94 valence electrons. The zero-order chi connectivity index (χ0) is 13.2.